The van der Waals surface area contributed by atoms with Crippen LogP contribution < -0.4 is 4.90 Å². The van der Waals surface area contributed by atoms with Crippen LogP contribution in [-0.2, 0) is 28.3 Å². The number of hydrogen-bond donors (Lipinski definition) is 2. The van der Waals surface area contributed by atoms with Gasteiger partial charge in [0.2, 0.25) is 11.8 Å². The third-order valence-electron chi connectivity index (χ3n) is 6.92. The molecule has 0 saturated carbocycles. The topological polar surface area (TPSA) is 81.7 Å². The average Bonchev–Trinajstić information content (AvgIpc) is 3.17. The first kappa shape index (κ1) is 26.2. The van der Waals surface area contributed by atoms with E-state index in [0.717, 1.165) is 22.8 Å². The lowest BCUT2D eigenvalue weighted by Crippen LogP contribution is -2.52. The molecule has 2 unspecified atom stereocenters. The van der Waals surface area contributed by atoms with Crippen molar-refractivity contribution in [1.82, 2.24) is 4.57 Å². The van der Waals surface area contributed by atoms with Crippen LogP contribution in [0.3, 0.4) is 0 Å². The second kappa shape index (κ2) is 8.07. The van der Waals surface area contributed by atoms with Gasteiger partial charge in [-0.3, -0.25) is 4.57 Å². The number of rotatable bonds is 2. The third-order valence-corrected chi connectivity index (χ3v) is 7.61. The zero-order valence-electron chi connectivity index (χ0n) is 19.7. The quantitative estimate of drug-likeness (QED) is 0.326. The Morgan fingerprint density at radius 1 is 0.868 bits per heavy atom. The van der Waals surface area contributed by atoms with Crippen LogP contribution in [0, 0.1) is 11.3 Å². The first-order valence-electron chi connectivity index (χ1n) is 11.1. The number of hydrogen-bond acceptors (Lipinski definition) is 5. The predicted molar refractivity (Wildman–Crippen MR) is 126 cm³/mol. The normalized spacial score (nSPS) is 22.9. The van der Waals surface area contributed by atoms with Crippen LogP contribution >= 0.6 is 15.9 Å². The molecule has 0 amide bonds. The summed E-state index contributed by atoms with van der Waals surface area (Å²) >= 11 is 2.92. The lowest BCUT2D eigenvalue weighted by Gasteiger charge is -2.45. The molecule has 0 spiro atoms. The van der Waals surface area contributed by atoms with Gasteiger partial charge < -0.3 is 19.8 Å². The van der Waals surface area contributed by atoms with Crippen molar-refractivity contribution in [2.45, 2.75) is 37.4 Å². The van der Waals surface area contributed by atoms with Crippen molar-refractivity contribution in [3.63, 3.8) is 0 Å². The van der Waals surface area contributed by atoms with Gasteiger partial charge in [0.15, 0.2) is 0 Å². The number of ether oxygens (including phenoxy) is 1. The SMILES string of the molecule is CC12CN(c3ccc(Br)c(C(F)(F)F)c3)CC(C)(O1)c1c2c(O)n(-c2ccc(C#N)c(C(F)(F)F)c2)c1O. The number of halogens is 7. The maximum absolute atomic E-state index is 13.6. The van der Waals surface area contributed by atoms with Crippen LogP contribution in [0.1, 0.15) is 41.7 Å². The molecule has 0 aliphatic carbocycles. The highest BCUT2D eigenvalue weighted by Crippen LogP contribution is 2.59. The van der Waals surface area contributed by atoms with Gasteiger partial charge in [-0.2, -0.15) is 31.6 Å². The summed E-state index contributed by atoms with van der Waals surface area (Å²) in [5.74, 6) is -1.15. The number of alkyl halides is 6. The van der Waals surface area contributed by atoms with Crippen molar-refractivity contribution in [3.05, 3.63) is 68.7 Å². The maximum atomic E-state index is 13.6. The molecule has 13 heteroatoms. The van der Waals surface area contributed by atoms with Crippen LogP contribution in [0.4, 0.5) is 32.0 Å². The van der Waals surface area contributed by atoms with E-state index in [4.69, 9.17) is 10.00 Å². The van der Waals surface area contributed by atoms with E-state index in [2.05, 4.69) is 15.9 Å². The van der Waals surface area contributed by atoms with Gasteiger partial charge in [0.1, 0.15) is 11.2 Å². The highest BCUT2D eigenvalue weighted by molar-refractivity contribution is 9.10. The van der Waals surface area contributed by atoms with Crippen molar-refractivity contribution in [2.75, 3.05) is 18.0 Å². The summed E-state index contributed by atoms with van der Waals surface area (Å²) in [6, 6.07) is 8.00. The molecule has 2 aliphatic heterocycles. The number of benzene rings is 2. The van der Waals surface area contributed by atoms with Gasteiger partial charge >= 0.3 is 12.4 Å². The predicted octanol–water partition coefficient (Wildman–Crippen LogP) is 6.54. The molecule has 2 atom stereocenters. The molecule has 2 N–H and O–H groups in total. The number of aromatic hydroxyl groups is 2. The van der Waals surface area contributed by atoms with Crippen LogP contribution in [0.25, 0.3) is 5.69 Å². The lowest BCUT2D eigenvalue weighted by molar-refractivity contribution is -0.139. The van der Waals surface area contributed by atoms with E-state index in [1.807, 2.05) is 0 Å². The van der Waals surface area contributed by atoms with E-state index in [9.17, 15) is 36.6 Å². The van der Waals surface area contributed by atoms with Gasteiger partial charge in [0.25, 0.3) is 0 Å². The van der Waals surface area contributed by atoms with Crippen molar-refractivity contribution in [3.8, 4) is 23.5 Å². The van der Waals surface area contributed by atoms with E-state index in [0.29, 0.717) is 6.07 Å². The van der Waals surface area contributed by atoms with Gasteiger partial charge in [-0.25, -0.2) is 0 Å². The first-order valence-corrected chi connectivity index (χ1v) is 11.9. The zero-order valence-corrected chi connectivity index (χ0v) is 21.3. The molecule has 1 saturated heterocycles. The summed E-state index contributed by atoms with van der Waals surface area (Å²) in [5, 5.41) is 31.4. The Hall–Kier alpha value is -3.37. The smallest absolute Gasteiger partial charge is 0.417 e. The molecule has 38 heavy (non-hydrogen) atoms. The lowest BCUT2D eigenvalue weighted by atomic mass is 9.94. The third kappa shape index (κ3) is 3.80. The molecule has 3 aromatic rings. The van der Waals surface area contributed by atoms with E-state index in [-0.39, 0.29) is 40.1 Å². The molecule has 0 radical (unpaired) electrons. The summed E-state index contributed by atoms with van der Waals surface area (Å²) in [4.78, 5) is 1.64. The number of nitriles is 1. The fourth-order valence-electron chi connectivity index (χ4n) is 5.51. The molecule has 2 aromatic carbocycles. The fourth-order valence-corrected chi connectivity index (χ4v) is 5.98. The largest absolute Gasteiger partial charge is 0.494 e. The second-order valence-corrected chi connectivity index (χ2v) is 10.5. The number of nitrogens with zero attached hydrogens (tertiary/aromatic N) is 3. The van der Waals surface area contributed by atoms with Crippen molar-refractivity contribution >= 4 is 21.6 Å². The van der Waals surface area contributed by atoms with Crippen LogP contribution in [0.2, 0.25) is 0 Å². The minimum Gasteiger partial charge on any atom is -0.494 e. The van der Waals surface area contributed by atoms with Gasteiger partial charge in [0.05, 0.1) is 52.7 Å². The van der Waals surface area contributed by atoms with Gasteiger partial charge in [-0.1, -0.05) is 15.9 Å². The summed E-state index contributed by atoms with van der Waals surface area (Å²) in [6.07, 6.45) is -9.47. The van der Waals surface area contributed by atoms with E-state index >= 15 is 0 Å². The summed E-state index contributed by atoms with van der Waals surface area (Å²) in [7, 11) is 0. The van der Waals surface area contributed by atoms with E-state index in [1.165, 1.54) is 18.2 Å². The Morgan fingerprint density at radius 3 is 1.87 bits per heavy atom. The number of anilines is 1. The van der Waals surface area contributed by atoms with Gasteiger partial charge in [0, 0.05) is 10.2 Å². The highest BCUT2D eigenvalue weighted by Gasteiger charge is 2.59. The minimum absolute atomic E-state index is 0.0211. The Labute approximate surface area is 220 Å². The van der Waals surface area contributed by atoms with Gasteiger partial charge in [-0.15, -0.1) is 0 Å². The molecule has 6 nitrogen and oxygen atoms in total. The summed E-state index contributed by atoms with van der Waals surface area (Å²) in [5.41, 5.74) is -5.16. The van der Waals surface area contributed by atoms with Crippen molar-refractivity contribution < 1.29 is 41.3 Å². The van der Waals surface area contributed by atoms with Crippen LogP contribution in [-0.4, -0.2) is 27.9 Å². The van der Waals surface area contributed by atoms with Crippen molar-refractivity contribution in [1.29, 1.82) is 5.26 Å². The second-order valence-electron chi connectivity index (χ2n) is 9.65. The molecule has 1 fully saturated rings. The summed E-state index contributed by atoms with van der Waals surface area (Å²) < 4.78 is 88.1. The zero-order chi connectivity index (χ0) is 28.0. The molecular weight excluding hydrogens is 584 g/mol. The minimum atomic E-state index is -4.86. The molecule has 3 heterocycles. The van der Waals surface area contributed by atoms with E-state index < -0.39 is 52.0 Å². The van der Waals surface area contributed by atoms with Gasteiger partial charge in [-0.05, 0) is 50.2 Å². The Morgan fingerprint density at radius 2 is 1.37 bits per heavy atom. The molecule has 200 valence electrons. The molecule has 2 bridgehead atoms. The fraction of sp³-hybridized carbons (Fsp3) is 0.320. The first-order chi connectivity index (χ1) is 17.5. The Balaban J connectivity index is 1.62. The van der Waals surface area contributed by atoms with Crippen molar-refractivity contribution in [2.24, 2.45) is 0 Å². The Kier molecular flexibility index (Phi) is 5.57. The standard InChI is InChI=1S/C25H18BrF6N3O3/c1-22-10-34(13-5-6-17(26)16(7-13)25(30,31)32)11-23(2,38-22)19-18(22)20(36)35(21(19)37)14-4-3-12(9-33)15(8-14)24(27,28)29/h3-8,36-37H,10-11H2,1-2H3. The molecule has 1 aromatic heterocycles. The average molecular weight is 602 g/mol. The van der Waals surface area contributed by atoms with E-state index in [1.54, 1.807) is 18.7 Å². The number of fused-ring (bicyclic) bond motifs is 5. The molecule has 5 rings (SSSR count). The Bertz CT molecular complexity index is 1480. The number of aromatic nitrogens is 1. The molecule has 2 aliphatic rings. The number of morpholine rings is 1. The molecular formula is C25H18BrF6N3O3. The van der Waals surface area contributed by atoms with Crippen LogP contribution in [0.15, 0.2) is 40.9 Å². The highest BCUT2D eigenvalue weighted by atomic mass is 79.9. The summed E-state index contributed by atoms with van der Waals surface area (Å²) in [6.45, 7) is 3.12. The van der Waals surface area contributed by atoms with Crippen LogP contribution in [0.5, 0.6) is 11.8 Å². The monoisotopic (exact) mass is 601 g/mol. The maximum Gasteiger partial charge on any atom is 0.417 e.